The van der Waals surface area contributed by atoms with Crippen LogP contribution in [0.5, 0.6) is 0 Å². The van der Waals surface area contributed by atoms with Crippen LogP contribution < -0.4 is 0 Å². The van der Waals surface area contributed by atoms with E-state index in [0.29, 0.717) is 0 Å². The molecule has 3 rings (SSSR count). The van der Waals surface area contributed by atoms with Crippen molar-refractivity contribution in [1.29, 1.82) is 0 Å². The third-order valence-corrected chi connectivity index (χ3v) is 3.55. The van der Waals surface area contributed by atoms with Crippen LogP contribution in [0.25, 0.3) is 20.2 Å². The fourth-order valence-corrected chi connectivity index (χ4v) is 2.69. The van der Waals surface area contributed by atoms with Gasteiger partial charge in [-0.3, -0.25) is 0 Å². The van der Waals surface area contributed by atoms with E-state index in [0.717, 1.165) is 0 Å². The molecular formula is C13H9BF4S. The van der Waals surface area contributed by atoms with Gasteiger partial charge >= 0.3 is 7.25 Å². The Morgan fingerprint density at radius 1 is 0.684 bits per heavy atom. The molecule has 0 saturated carbocycles. The maximum atomic E-state index is 9.75. The molecule has 0 spiro atoms. The van der Waals surface area contributed by atoms with Crippen LogP contribution >= 0.6 is 11.3 Å². The molecule has 0 radical (unpaired) electrons. The monoisotopic (exact) mass is 284 g/mol. The summed E-state index contributed by atoms with van der Waals surface area (Å²) in [5.41, 5.74) is 0. The van der Waals surface area contributed by atoms with Crippen molar-refractivity contribution in [1.82, 2.24) is 0 Å². The zero-order valence-corrected chi connectivity index (χ0v) is 10.5. The van der Waals surface area contributed by atoms with Crippen molar-refractivity contribution in [2.75, 3.05) is 0 Å². The average molecular weight is 284 g/mol. The highest BCUT2D eigenvalue weighted by atomic mass is 32.1. The van der Waals surface area contributed by atoms with Crippen LogP contribution in [0.1, 0.15) is 0 Å². The number of hydrogen-bond donors (Lipinski definition) is 0. The zero-order chi connectivity index (χ0) is 13.9. The number of fused-ring (bicyclic) bond motifs is 2. The van der Waals surface area contributed by atoms with E-state index in [4.69, 9.17) is 0 Å². The summed E-state index contributed by atoms with van der Waals surface area (Å²) in [5, 5.41) is 2.66. The van der Waals surface area contributed by atoms with Gasteiger partial charge in [-0.2, -0.15) is 0 Å². The fourth-order valence-electron chi connectivity index (χ4n) is 1.67. The highest BCUT2D eigenvalue weighted by molar-refractivity contribution is 7.24. The molecule has 0 bridgehead atoms. The minimum Gasteiger partial charge on any atom is -0.418 e. The van der Waals surface area contributed by atoms with E-state index >= 15 is 0 Å². The Kier molecular flexibility index (Phi) is 4.00. The van der Waals surface area contributed by atoms with Crippen LogP contribution in [0.2, 0.25) is 0 Å². The molecule has 0 atom stereocenters. The fraction of sp³-hybridized carbons (Fsp3) is 0. The SMILES string of the molecule is F[B-](F)(F)F.c1ccc2[s+]c3ccccc3cc2c1. The summed E-state index contributed by atoms with van der Waals surface area (Å²) in [4.78, 5) is 0. The first kappa shape index (κ1) is 13.7. The summed E-state index contributed by atoms with van der Waals surface area (Å²) < 4.78 is 41.7. The van der Waals surface area contributed by atoms with Gasteiger partial charge in [-0.25, -0.2) is 0 Å². The molecular weight excluding hydrogens is 275 g/mol. The maximum absolute atomic E-state index is 9.75. The standard InChI is InChI=1S/C13H9S.BF4/c1-3-7-12-10(5-1)9-11-6-2-4-8-13(11)14-12;2-1(3,4)5/h1-9H;/q+1;-1. The van der Waals surface area contributed by atoms with Gasteiger partial charge < -0.3 is 17.3 Å². The molecule has 19 heavy (non-hydrogen) atoms. The molecule has 1 aromatic heterocycles. The second-order valence-corrected chi connectivity index (χ2v) is 4.90. The summed E-state index contributed by atoms with van der Waals surface area (Å²) in [6, 6.07) is 19.3. The lowest BCUT2D eigenvalue weighted by molar-refractivity contribution is 0.368. The van der Waals surface area contributed by atoms with Gasteiger partial charge in [0, 0.05) is 22.9 Å². The number of halogens is 4. The lowest BCUT2D eigenvalue weighted by atomic mass is 10.2. The Labute approximate surface area is 111 Å². The predicted octanol–water partition coefficient (Wildman–Crippen LogP) is 5.64. The van der Waals surface area contributed by atoms with Crippen LogP contribution in [-0.2, 0) is 0 Å². The van der Waals surface area contributed by atoms with Crippen LogP contribution in [0.4, 0.5) is 17.3 Å². The van der Waals surface area contributed by atoms with E-state index in [1.807, 2.05) is 11.3 Å². The van der Waals surface area contributed by atoms with Gasteiger partial charge in [0.05, 0.1) is 0 Å². The van der Waals surface area contributed by atoms with Crippen LogP contribution in [0.3, 0.4) is 0 Å². The molecule has 0 amide bonds. The molecule has 1 heterocycles. The highest BCUT2D eigenvalue weighted by Gasteiger charge is 2.20. The Morgan fingerprint density at radius 2 is 1.05 bits per heavy atom. The van der Waals surface area contributed by atoms with Crippen molar-refractivity contribution in [3.63, 3.8) is 0 Å². The number of rotatable bonds is 0. The molecule has 0 aliphatic carbocycles. The van der Waals surface area contributed by atoms with Gasteiger partial charge in [0.15, 0.2) is 0 Å². The van der Waals surface area contributed by atoms with E-state index in [1.165, 1.54) is 20.2 Å². The third kappa shape index (κ3) is 4.17. The molecule has 2 aromatic carbocycles. The zero-order valence-electron chi connectivity index (χ0n) is 9.69. The molecule has 98 valence electrons. The van der Waals surface area contributed by atoms with Gasteiger partial charge in [-0.1, -0.05) is 24.3 Å². The molecule has 0 aliphatic rings. The van der Waals surface area contributed by atoms with Crippen molar-refractivity contribution in [2.24, 2.45) is 0 Å². The molecule has 0 N–H and O–H groups in total. The van der Waals surface area contributed by atoms with Crippen molar-refractivity contribution < 1.29 is 17.3 Å². The molecule has 0 saturated heterocycles. The van der Waals surface area contributed by atoms with Crippen LogP contribution in [-0.4, -0.2) is 7.25 Å². The Balaban J connectivity index is 0.000000232. The van der Waals surface area contributed by atoms with Gasteiger partial charge in [-0.15, -0.1) is 0 Å². The van der Waals surface area contributed by atoms with Gasteiger partial charge in [0.1, 0.15) is 0 Å². The second-order valence-electron chi connectivity index (χ2n) is 3.82. The topological polar surface area (TPSA) is 0 Å². The van der Waals surface area contributed by atoms with E-state index in [-0.39, 0.29) is 0 Å². The Hall–Kier alpha value is -1.69. The normalized spacial score (nSPS) is 11.2. The minimum absolute atomic E-state index is 1.33. The lowest BCUT2D eigenvalue weighted by Gasteiger charge is -1.94. The quantitative estimate of drug-likeness (QED) is 0.217. The van der Waals surface area contributed by atoms with E-state index < -0.39 is 7.25 Å². The summed E-state index contributed by atoms with van der Waals surface area (Å²) in [5.74, 6) is 0. The van der Waals surface area contributed by atoms with Gasteiger partial charge in [0.25, 0.3) is 0 Å². The van der Waals surface area contributed by atoms with Crippen LogP contribution in [0.15, 0.2) is 54.6 Å². The molecule has 0 nitrogen and oxygen atoms in total. The summed E-state index contributed by atoms with van der Waals surface area (Å²) in [7, 11) is -6.00. The van der Waals surface area contributed by atoms with Crippen molar-refractivity contribution >= 4 is 38.8 Å². The van der Waals surface area contributed by atoms with E-state index in [1.54, 1.807) is 0 Å². The molecule has 0 aliphatic heterocycles. The first-order valence-corrected chi connectivity index (χ1v) is 6.33. The van der Waals surface area contributed by atoms with Crippen molar-refractivity contribution in [3.05, 3.63) is 54.6 Å². The maximum Gasteiger partial charge on any atom is 0.673 e. The average Bonchev–Trinajstić information content (AvgIpc) is 2.34. The molecule has 0 unspecified atom stereocenters. The summed E-state index contributed by atoms with van der Waals surface area (Å²) >= 11 is 1.85. The highest BCUT2D eigenvalue weighted by Crippen LogP contribution is 2.27. The van der Waals surface area contributed by atoms with Gasteiger partial charge in [-0.05, 0) is 18.2 Å². The summed E-state index contributed by atoms with van der Waals surface area (Å²) in [6.45, 7) is 0. The molecule has 0 fully saturated rings. The van der Waals surface area contributed by atoms with E-state index in [2.05, 4.69) is 54.6 Å². The summed E-state index contributed by atoms with van der Waals surface area (Å²) in [6.07, 6.45) is 0. The van der Waals surface area contributed by atoms with Crippen molar-refractivity contribution in [3.8, 4) is 0 Å². The lowest BCUT2D eigenvalue weighted by Crippen LogP contribution is -2.02. The molecule has 6 heteroatoms. The number of benzene rings is 2. The number of hydrogen-bond acceptors (Lipinski definition) is 0. The first-order valence-electron chi connectivity index (χ1n) is 5.51. The Bertz CT molecular complexity index is 586. The Morgan fingerprint density at radius 3 is 1.47 bits per heavy atom. The van der Waals surface area contributed by atoms with E-state index in [9.17, 15) is 17.3 Å². The van der Waals surface area contributed by atoms with Crippen molar-refractivity contribution in [2.45, 2.75) is 0 Å². The predicted molar refractivity (Wildman–Crippen MR) is 73.9 cm³/mol. The smallest absolute Gasteiger partial charge is 0.418 e. The largest absolute Gasteiger partial charge is 0.673 e. The molecule has 3 aromatic rings. The van der Waals surface area contributed by atoms with Crippen LogP contribution in [0, 0.1) is 0 Å². The van der Waals surface area contributed by atoms with Gasteiger partial charge in [0.2, 0.25) is 20.7 Å². The minimum atomic E-state index is -6.00. The third-order valence-electron chi connectivity index (χ3n) is 2.37. The first-order chi connectivity index (χ1) is 8.93. The second kappa shape index (κ2) is 5.53.